The lowest BCUT2D eigenvalue weighted by atomic mass is 10.1. The number of aromatic nitrogens is 3. The summed E-state index contributed by atoms with van der Waals surface area (Å²) in [7, 11) is 0. The minimum atomic E-state index is -2.73. The van der Waals surface area contributed by atoms with Crippen molar-refractivity contribution in [3.8, 4) is 10.7 Å². The number of hydrogen-bond donors (Lipinski definition) is 1. The molecule has 1 aromatic carbocycles. The first-order chi connectivity index (χ1) is 11.9. The van der Waals surface area contributed by atoms with E-state index in [9.17, 15) is 18.0 Å². The highest BCUT2D eigenvalue weighted by Gasteiger charge is 2.19. The molecule has 0 atom stereocenters. The third kappa shape index (κ3) is 3.41. The lowest BCUT2D eigenvalue weighted by molar-refractivity contribution is 0.0720. The van der Waals surface area contributed by atoms with Crippen LogP contribution in [0.25, 0.3) is 10.7 Å². The Labute approximate surface area is 145 Å². The number of carbonyl (C=O) groups is 1. The topological polar surface area (TPSA) is 59.8 Å². The summed E-state index contributed by atoms with van der Waals surface area (Å²) in [6.07, 6.45) is 2.44. The van der Waals surface area contributed by atoms with Gasteiger partial charge in [0, 0.05) is 18.0 Å². The lowest BCUT2D eigenvalue weighted by Crippen LogP contribution is -2.12. The minimum Gasteiger partial charge on any atom is -0.298 e. The molecule has 0 aliphatic heterocycles. The van der Waals surface area contributed by atoms with Crippen molar-refractivity contribution in [3.63, 3.8) is 0 Å². The normalized spacial score (nSPS) is 11.1. The average Bonchev–Trinajstić information content (AvgIpc) is 3.16. The molecule has 0 aliphatic rings. The first-order valence-electron chi connectivity index (χ1n) is 7.23. The first-order valence-corrected chi connectivity index (χ1v) is 8.04. The summed E-state index contributed by atoms with van der Waals surface area (Å²) in [6, 6.07) is 4.14. The van der Waals surface area contributed by atoms with Gasteiger partial charge in [-0.15, -0.1) is 0 Å². The number of alkyl halides is 2. The van der Waals surface area contributed by atoms with Crippen LogP contribution in [0.5, 0.6) is 0 Å². The number of rotatable bonds is 4. The van der Waals surface area contributed by atoms with Crippen LogP contribution in [0.1, 0.15) is 28.2 Å². The lowest BCUT2D eigenvalue weighted by Gasteiger charge is -2.04. The smallest absolute Gasteiger partial charge is 0.298 e. The monoisotopic (exact) mass is 366 g/mol. The summed E-state index contributed by atoms with van der Waals surface area (Å²) in [5.74, 6) is -0.939. The van der Waals surface area contributed by atoms with E-state index < -0.39 is 18.3 Å². The zero-order valence-corrected chi connectivity index (χ0v) is 14.1. The van der Waals surface area contributed by atoms with Gasteiger partial charge in [-0.1, -0.05) is 17.4 Å². The van der Waals surface area contributed by atoms with Crippen LogP contribution in [0, 0.1) is 19.7 Å². The molecule has 0 bridgehead atoms. The Morgan fingerprint density at radius 1 is 1.32 bits per heavy atom. The van der Waals surface area contributed by atoms with E-state index in [0.717, 1.165) is 22.0 Å². The van der Waals surface area contributed by atoms with Crippen molar-refractivity contribution in [1.29, 1.82) is 0 Å². The summed E-state index contributed by atoms with van der Waals surface area (Å²) in [5.41, 5.74) is 1.04. The van der Waals surface area contributed by atoms with E-state index in [4.69, 9.17) is 0 Å². The van der Waals surface area contributed by atoms with Crippen LogP contribution in [-0.4, -0.2) is 20.4 Å². The van der Waals surface area contributed by atoms with Gasteiger partial charge in [0.25, 0.3) is 5.91 Å². The molecule has 0 radical (unpaired) electrons. The minimum absolute atomic E-state index is 0.0758. The van der Waals surface area contributed by atoms with E-state index in [1.54, 1.807) is 13.8 Å². The quantitative estimate of drug-likeness (QED) is 0.744. The van der Waals surface area contributed by atoms with Gasteiger partial charge in [-0.25, -0.2) is 14.4 Å². The molecular formula is C16H13F3N4OS. The fourth-order valence-corrected chi connectivity index (χ4v) is 3.17. The van der Waals surface area contributed by atoms with Crippen molar-refractivity contribution < 1.29 is 18.0 Å². The third-order valence-corrected chi connectivity index (χ3v) is 4.60. The van der Waals surface area contributed by atoms with Crippen molar-refractivity contribution in [2.75, 3.05) is 5.32 Å². The van der Waals surface area contributed by atoms with Gasteiger partial charge in [0.1, 0.15) is 5.82 Å². The number of aryl methyl sites for hydroxylation is 2. The van der Waals surface area contributed by atoms with Crippen LogP contribution in [-0.2, 0) is 0 Å². The van der Waals surface area contributed by atoms with Crippen LogP contribution < -0.4 is 5.32 Å². The van der Waals surface area contributed by atoms with Gasteiger partial charge in [0.2, 0.25) is 0 Å². The van der Waals surface area contributed by atoms with Crippen LogP contribution in [0.4, 0.5) is 18.3 Å². The molecule has 3 aromatic rings. The Morgan fingerprint density at radius 2 is 2.08 bits per heavy atom. The van der Waals surface area contributed by atoms with E-state index in [0.29, 0.717) is 16.1 Å². The molecule has 2 heterocycles. The van der Waals surface area contributed by atoms with Crippen molar-refractivity contribution >= 4 is 22.4 Å². The largest absolute Gasteiger partial charge is 0.320 e. The van der Waals surface area contributed by atoms with Crippen LogP contribution in [0.15, 0.2) is 30.6 Å². The summed E-state index contributed by atoms with van der Waals surface area (Å²) in [4.78, 5) is 20.7. The molecule has 25 heavy (non-hydrogen) atoms. The predicted molar refractivity (Wildman–Crippen MR) is 88.4 cm³/mol. The molecular weight excluding hydrogens is 353 g/mol. The highest BCUT2D eigenvalue weighted by atomic mass is 32.1. The fourth-order valence-electron chi connectivity index (χ4n) is 2.21. The number of hydrogen-bond acceptors (Lipinski definition) is 4. The number of amides is 1. The fraction of sp³-hybridized carbons (Fsp3) is 0.188. The second-order valence-corrected chi connectivity index (χ2v) is 6.29. The van der Waals surface area contributed by atoms with Crippen molar-refractivity contribution in [1.82, 2.24) is 14.5 Å². The number of halogens is 3. The highest BCUT2D eigenvalue weighted by molar-refractivity contribution is 7.19. The summed E-state index contributed by atoms with van der Waals surface area (Å²) in [5, 5.41) is 2.78. The average molecular weight is 366 g/mol. The maximum Gasteiger partial charge on any atom is 0.320 e. The van der Waals surface area contributed by atoms with Crippen LogP contribution >= 0.6 is 11.3 Å². The molecule has 0 unspecified atom stereocenters. The number of thiazole rings is 1. The second kappa shape index (κ2) is 6.67. The maximum absolute atomic E-state index is 13.6. The number of anilines is 1. The Hall–Kier alpha value is -2.68. The van der Waals surface area contributed by atoms with Crippen molar-refractivity contribution in [2.24, 2.45) is 0 Å². The van der Waals surface area contributed by atoms with Gasteiger partial charge in [0.15, 0.2) is 11.0 Å². The van der Waals surface area contributed by atoms with Gasteiger partial charge < -0.3 is 0 Å². The molecule has 3 rings (SSSR count). The van der Waals surface area contributed by atoms with Gasteiger partial charge in [0.05, 0.1) is 10.6 Å². The van der Waals surface area contributed by atoms with E-state index >= 15 is 0 Å². The molecule has 5 nitrogen and oxygen atoms in total. The zero-order valence-electron chi connectivity index (χ0n) is 13.3. The maximum atomic E-state index is 13.6. The number of benzene rings is 1. The summed E-state index contributed by atoms with van der Waals surface area (Å²) >= 11 is 1.03. The summed E-state index contributed by atoms with van der Waals surface area (Å²) < 4.78 is 40.3. The first kappa shape index (κ1) is 17.2. The van der Waals surface area contributed by atoms with E-state index in [-0.39, 0.29) is 16.5 Å². The molecule has 0 fully saturated rings. The molecule has 1 amide bonds. The van der Waals surface area contributed by atoms with Gasteiger partial charge in [-0.05, 0) is 31.5 Å². The van der Waals surface area contributed by atoms with E-state index in [1.807, 2.05) is 0 Å². The number of imidazole rings is 1. The third-order valence-electron chi connectivity index (χ3n) is 3.53. The second-order valence-electron chi connectivity index (χ2n) is 5.29. The van der Waals surface area contributed by atoms with Crippen molar-refractivity contribution in [3.05, 3.63) is 53.2 Å². The SMILES string of the molecule is Cc1ccc(C(=O)Nc2nc(C)c(-c3nccn3C(F)F)s2)cc1F. The van der Waals surface area contributed by atoms with Gasteiger partial charge in [-0.3, -0.25) is 14.7 Å². The number of nitrogens with zero attached hydrogens (tertiary/aromatic N) is 3. The van der Waals surface area contributed by atoms with Crippen LogP contribution in [0.2, 0.25) is 0 Å². The Balaban J connectivity index is 1.86. The molecule has 0 saturated heterocycles. The van der Waals surface area contributed by atoms with Gasteiger partial charge in [-0.2, -0.15) is 8.78 Å². The predicted octanol–water partition coefficient (Wildman–Crippen LogP) is 4.41. The van der Waals surface area contributed by atoms with Gasteiger partial charge >= 0.3 is 6.55 Å². The molecule has 2 aromatic heterocycles. The molecule has 1 N–H and O–H groups in total. The summed E-state index contributed by atoms with van der Waals surface area (Å²) in [6.45, 7) is 0.503. The standard InChI is InChI=1S/C16H13F3N4OS/c1-8-3-4-10(7-11(8)17)14(24)22-16-21-9(2)12(25-16)13-20-5-6-23(13)15(18)19/h3-7,15H,1-2H3,(H,21,22,24). The molecule has 9 heteroatoms. The van der Waals surface area contributed by atoms with E-state index in [1.165, 1.54) is 24.5 Å². The number of nitrogens with one attached hydrogen (secondary N) is 1. The zero-order chi connectivity index (χ0) is 18.1. The molecule has 0 aliphatic carbocycles. The molecule has 130 valence electrons. The Morgan fingerprint density at radius 3 is 2.76 bits per heavy atom. The number of carbonyl (C=O) groups excluding carboxylic acids is 1. The van der Waals surface area contributed by atoms with Crippen molar-refractivity contribution in [2.45, 2.75) is 20.4 Å². The van der Waals surface area contributed by atoms with Crippen LogP contribution in [0.3, 0.4) is 0 Å². The van der Waals surface area contributed by atoms with E-state index in [2.05, 4.69) is 15.3 Å². The molecule has 0 spiro atoms. The highest BCUT2D eigenvalue weighted by Crippen LogP contribution is 2.33. The Bertz CT molecular complexity index is 935. The Kier molecular flexibility index (Phi) is 4.58. The molecule has 0 saturated carbocycles.